The average Bonchev–Trinajstić information content (AvgIpc) is 3.39. The Kier molecular flexibility index (Phi) is 6.83. The number of benzene rings is 2. The van der Waals surface area contributed by atoms with Crippen LogP contribution in [0.4, 0.5) is 17.1 Å². The van der Waals surface area contributed by atoms with Crippen molar-refractivity contribution in [3.05, 3.63) is 88.4 Å². The number of nitrogens with one attached hydrogen (secondary N) is 2. The molecule has 34 heavy (non-hydrogen) atoms. The van der Waals surface area contributed by atoms with E-state index in [1.54, 1.807) is 23.1 Å². The molecular formula is C23H21N5O5S. The van der Waals surface area contributed by atoms with Gasteiger partial charge in [0.25, 0.3) is 17.5 Å². The van der Waals surface area contributed by atoms with Gasteiger partial charge in [-0.2, -0.15) is 0 Å². The van der Waals surface area contributed by atoms with E-state index in [-0.39, 0.29) is 22.3 Å². The Morgan fingerprint density at radius 3 is 2.32 bits per heavy atom. The zero-order chi connectivity index (χ0) is 24.1. The van der Waals surface area contributed by atoms with Crippen molar-refractivity contribution in [2.45, 2.75) is 0 Å². The zero-order valence-corrected chi connectivity index (χ0v) is 18.8. The highest BCUT2D eigenvalue weighted by Crippen LogP contribution is 2.21. The van der Waals surface area contributed by atoms with Crippen LogP contribution < -0.4 is 15.5 Å². The normalized spacial score (nSPS) is 13.3. The van der Waals surface area contributed by atoms with Gasteiger partial charge in [-0.25, -0.2) is 0 Å². The molecule has 2 aromatic carbocycles. The largest absolute Gasteiger partial charge is 0.459 e. The van der Waals surface area contributed by atoms with Crippen LogP contribution >= 0.6 is 12.2 Å². The molecule has 1 aliphatic rings. The standard InChI is InChI=1S/C23H21N5O5S/c29-21(18-4-1-2-5-19(18)28(31)32)25-23(34)24-16-7-9-17(10-8-16)26-11-13-27(14-12-26)22(30)20-6-3-15-33-20/h1-10,15H,11-14H2,(H2,24,25,29,34). The van der Waals surface area contributed by atoms with E-state index in [4.69, 9.17) is 16.6 Å². The summed E-state index contributed by atoms with van der Waals surface area (Å²) in [5.41, 5.74) is 1.28. The Bertz CT molecular complexity index is 1200. The topological polar surface area (TPSA) is 121 Å². The summed E-state index contributed by atoms with van der Waals surface area (Å²) in [6.07, 6.45) is 1.49. The molecule has 0 atom stereocenters. The smallest absolute Gasteiger partial charge is 0.289 e. The van der Waals surface area contributed by atoms with Gasteiger partial charge in [0.05, 0.1) is 11.2 Å². The second-order valence-corrected chi connectivity index (χ2v) is 7.89. The lowest BCUT2D eigenvalue weighted by molar-refractivity contribution is -0.385. The highest BCUT2D eigenvalue weighted by molar-refractivity contribution is 7.80. The lowest BCUT2D eigenvalue weighted by Crippen LogP contribution is -2.48. The number of thiocarbonyl (C=S) groups is 1. The van der Waals surface area contributed by atoms with E-state index in [1.165, 1.54) is 24.5 Å². The fourth-order valence-electron chi connectivity index (χ4n) is 3.64. The van der Waals surface area contributed by atoms with Crippen LogP contribution in [0.1, 0.15) is 20.9 Å². The fraction of sp³-hybridized carbons (Fsp3) is 0.174. The number of hydrogen-bond donors (Lipinski definition) is 2. The van der Waals surface area contributed by atoms with Gasteiger partial charge in [0.2, 0.25) is 0 Å². The van der Waals surface area contributed by atoms with Crippen molar-refractivity contribution >= 4 is 46.2 Å². The summed E-state index contributed by atoms with van der Waals surface area (Å²) in [5, 5.41) is 16.5. The minimum Gasteiger partial charge on any atom is -0.459 e. The molecule has 10 nitrogen and oxygen atoms in total. The van der Waals surface area contributed by atoms with Crippen LogP contribution in [0.3, 0.4) is 0 Å². The molecule has 1 fully saturated rings. The summed E-state index contributed by atoms with van der Waals surface area (Å²) in [6.45, 7) is 2.54. The van der Waals surface area contributed by atoms with Crippen LogP contribution in [-0.4, -0.2) is 52.9 Å². The predicted octanol–water partition coefficient (Wildman–Crippen LogP) is 3.28. The molecule has 4 rings (SSSR count). The van der Waals surface area contributed by atoms with Gasteiger partial charge >= 0.3 is 0 Å². The van der Waals surface area contributed by atoms with Gasteiger partial charge in [-0.05, 0) is 54.7 Å². The first-order valence-corrected chi connectivity index (χ1v) is 10.9. The molecule has 1 saturated heterocycles. The first kappa shape index (κ1) is 22.9. The molecular weight excluding hydrogens is 458 g/mol. The van der Waals surface area contributed by atoms with E-state index in [0.717, 1.165) is 5.69 Å². The predicted molar refractivity (Wildman–Crippen MR) is 130 cm³/mol. The molecule has 0 aliphatic carbocycles. The quantitative estimate of drug-likeness (QED) is 0.325. The maximum absolute atomic E-state index is 12.4. The van der Waals surface area contributed by atoms with Crippen molar-refractivity contribution in [3.8, 4) is 0 Å². The second kappa shape index (κ2) is 10.1. The SMILES string of the molecule is O=C(NC(=S)Nc1ccc(N2CCN(C(=O)c3ccco3)CC2)cc1)c1ccccc1[N+](=O)[O-]. The Labute approximate surface area is 200 Å². The molecule has 1 aliphatic heterocycles. The minimum atomic E-state index is -0.664. The number of furan rings is 1. The van der Waals surface area contributed by atoms with Crippen molar-refractivity contribution in [2.24, 2.45) is 0 Å². The Hall–Kier alpha value is -4.25. The molecule has 0 radical (unpaired) electrons. The lowest BCUT2D eigenvalue weighted by Gasteiger charge is -2.35. The molecule has 174 valence electrons. The van der Waals surface area contributed by atoms with E-state index >= 15 is 0 Å². The van der Waals surface area contributed by atoms with Gasteiger partial charge in [0.15, 0.2) is 10.9 Å². The van der Waals surface area contributed by atoms with Gasteiger partial charge < -0.3 is 19.5 Å². The molecule has 3 aromatic rings. The molecule has 11 heteroatoms. The number of amides is 2. The number of nitro groups is 1. The van der Waals surface area contributed by atoms with Gasteiger partial charge in [-0.15, -0.1) is 0 Å². The third-order valence-corrected chi connectivity index (χ3v) is 5.57. The summed E-state index contributed by atoms with van der Waals surface area (Å²) in [6, 6.07) is 16.5. The number of carbonyl (C=O) groups excluding carboxylic acids is 2. The maximum Gasteiger partial charge on any atom is 0.289 e. The first-order chi connectivity index (χ1) is 16.4. The van der Waals surface area contributed by atoms with Gasteiger partial charge in [-0.3, -0.25) is 25.0 Å². The maximum atomic E-state index is 12.4. The molecule has 0 unspecified atom stereocenters. The van der Waals surface area contributed by atoms with Gasteiger partial charge in [0.1, 0.15) is 5.56 Å². The molecule has 0 spiro atoms. The lowest BCUT2D eigenvalue weighted by atomic mass is 10.1. The van der Waals surface area contributed by atoms with Crippen LogP contribution in [0, 0.1) is 10.1 Å². The number of nitro benzene ring substituents is 1. The van der Waals surface area contributed by atoms with E-state index in [9.17, 15) is 19.7 Å². The van der Waals surface area contributed by atoms with Crippen molar-refractivity contribution in [2.75, 3.05) is 36.4 Å². The number of para-hydroxylation sites is 1. The van der Waals surface area contributed by atoms with E-state index in [0.29, 0.717) is 37.6 Å². The van der Waals surface area contributed by atoms with Crippen LogP contribution in [0.25, 0.3) is 0 Å². The van der Waals surface area contributed by atoms with Crippen LogP contribution in [-0.2, 0) is 0 Å². The van der Waals surface area contributed by atoms with Crippen molar-refractivity contribution in [3.63, 3.8) is 0 Å². The summed E-state index contributed by atoms with van der Waals surface area (Å²) < 4.78 is 5.19. The van der Waals surface area contributed by atoms with Gasteiger partial charge in [0, 0.05) is 43.6 Å². The summed E-state index contributed by atoms with van der Waals surface area (Å²) in [5.74, 6) is -0.433. The summed E-state index contributed by atoms with van der Waals surface area (Å²) in [7, 11) is 0. The van der Waals surface area contributed by atoms with Gasteiger partial charge in [-0.1, -0.05) is 12.1 Å². The van der Waals surface area contributed by atoms with Crippen LogP contribution in [0.5, 0.6) is 0 Å². The Morgan fingerprint density at radius 1 is 0.971 bits per heavy atom. The summed E-state index contributed by atoms with van der Waals surface area (Å²) >= 11 is 5.18. The second-order valence-electron chi connectivity index (χ2n) is 7.49. The van der Waals surface area contributed by atoms with E-state index in [2.05, 4.69) is 15.5 Å². The number of hydrogen-bond acceptors (Lipinski definition) is 7. The monoisotopic (exact) mass is 479 g/mol. The number of piperazine rings is 1. The summed E-state index contributed by atoms with van der Waals surface area (Å²) in [4.78, 5) is 39.2. The minimum absolute atomic E-state index is 0.0287. The molecule has 0 saturated carbocycles. The molecule has 2 amide bonds. The Balaban J connectivity index is 1.30. The first-order valence-electron chi connectivity index (χ1n) is 10.5. The zero-order valence-electron chi connectivity index (χ0n) is 18.0. The third kappa shape index (κ3) is 5.21. The fourth-order valence-corrected chi connectivity index (χ4v) is 3.85. The van der Waals surface area contributed by atoms with E-state index < -0.39 is 10.8 Å². The number of anilines is 2. The molecule has 0 bridgehead atoms. The van der Waals surface area contributed by atoms with Crippen LogP contribution in [0.15, 0.2) is 71.3 Å². The molecule has 1 aromatic heterocycles. The third-order valence-electron chi connectivity index (χ3n) is 5.36. The van der Waals surface area contributed by atoms with Crippen LogP contribution in [0.2, 0.25) is 0 Å². The van der Waals surface area contributed by atoms with Crippen molar-refractivity contribution in [1.29, 1.82) is 0 Å². The number of rotatable bonds is 5. The van der Waals surface area contributed by atoms with E-state index in [1.807, 2.05) is 24.3 Å². The molecule has 2 N–H and O–H groups in total. The number of nitrogens with zero attached hydrogens (tertiary/aromatic N) is 3. The average molecular weight is 480 g/mol. The van der Waals surface area contributed by atoms with Crippen molar-refractivity contribution < 1.29 is 18.9 Å². The number of carbonyl (C=O) groups is 2. The van der Waals surface area contributed by atoms with Crippen molar-refractivity contribution in [1.82, 2.24) is 10.2 Å². The Morgan fingerprint density at radius 2 is 1.68 bits per heavy atom. The highest BCUT2D eigenvalue weighted by Gasteiger charge is 2.24. The highest BCUT2D eigenvalue weighted by atomic mass is 32.1. The molecule has 2 heterocycles.